The first-order valence-electron chi connectivity index (χ1n) is 4.75. The molecule has 6 heteroatoms. The minimum absolute atomic E-state index is 0.0489. The van der Waals surface area contributed by atoms with Crippen LogP contribution in [0.3, 0.4) is 0 Å². The standard InChI is InChI=1S/C11H9ClN4S/c12-7-2-1-3-8(10(7)11(13)14)17-9-4-5-15-6-16-9/h1-6H,(H3,13,14). The van der Waals surface area contributed by atoms with Gasteiger partial charge >= 0.3 is 0 Å². The van der Waals surface area contributed by atoms with Crippen LogP contribution in [0.2, 0.25) is 5.02 Å². The minimum Gasteiger partial charge on any atom is -0.384 e. The van der Waals surface area contributed by atoms with Crippen molar-refractivity contribution in [2.24, 2.45) is 5.73 Å². The first-order valence-corrected chi connectivity index (χ1v) is 5.94. The fraction of sp³-hybridized carbons (Fsp3) is 0. The number of rotatable bonds is 3. The van der Waals surface area contributed by atoms with Crippen LogP contribution in [0.5, 0.6) is 0 Å². The van der Waals surface area contributed by atoms with Gasteiger partial charge in [0.25, 0.3) is 0 Å². The van der Waals surface area contributed by atoms with E-state index in [0.29, 0.717) is 10.6 Å². The van der Waals surface area contributed by atoms with E-state index >= 15 is 0 Å². The zero-order chi connectivity index (χ0) is 12.3. The number of aromatic nitrogens is 2. The summed E-state index contributed by atoms with van der Waals surface area (Å²) in [5.74, 6) is -0.0489. The smallest absolute Gasteiger partial charge is 0.125 e. The molecular formula is C11H9ClN4S. The fourth-order valence-electron chi connectivity index (χ4n) is 1.30. The number of amidine groups is 1. The van der Waals surface area contributed by atoms with E-state index in [0.717, 1.165) is 9.92 Å². The summed E-state index contributed by atoms with van der Waals surface area (Å²) in [7, 11) is 0. The van der Waals surface area contributed by atoms with Gasteiger partial charge in [-0.2, -0.15) is 0 Å². The Balaban J connectivity index is 2.40. The molecule has 0 aliphatic heterocycles. The number of hydrogen-bond acceptors (Lipinski definition) is 4. The van der Waals surface area contributed by atoms with Crippen LogP contribution < -0.4 is 5.73 Å². The highest BCUT2D eigenvalue weighted by molar-refractivity contribution is 7.99. The van der Waals surface area contributed by atoms with Gasteiger partial charge in [-0.25, -0.2) is 9.97 Å². The lowest BCUT2D eigenvalue weighted by Gasteiger charge is -2.08. The van der Waals surface area contributed by atoms with Gasteiger partial charge in [0.15, 0.2) is 0 Å². The second-order valence-electron chi connectivity index (χ2n) is 3.18. The Morgan fingerprint density at radius 2 is 2.18 bits per heavy atom. The van der Waals surface area contributed by atoms with E-state index in [2.05, 4.69) is 9.97 Å². The van der Waals surface area contributed by atoms with Gasteiger partial charge in [0.05, 0.1) is 5.02 Å². The number of nitrogens with zero attached hydrogens (tertiary/aromatic N) is 2. The summed E-state index contributed by atoms with van der Waals surface area (Å²) in [5, 5.41) is 8.78. The third-order valence-electron chi connectivity index (χ3n) is 2.01. The molecule has 3 N–H and O–H groups in total. The Bertz CT molecular complexity index is 544. The molecule has 0 unspecified atom stereocenters. The van der Waals surface area contributed by atoms with E-state index in [4.69, 9.17) is 22.7 Å². The van der Waals surface area contributed by atoms with E-state index in [-0.39, 0.29) is 5.84 Å². The van der Waals surface area contributed by atoms with E-state index in [9.17, 15) is 0 Å². The van der Waals surface area contributed by atoms with Crippen molar-refractivity contribution in [3.63, 3.8) is 0 Å². The molecule has 0 saturated carbocycles. The van der Waals surface area contributed by atoms with E-state index in [1.165, 1.54) is 18.1 Å². The molecule has 1 heterocycles. The number of nitrogens with two attached hydrogens (primary N) is 1. The maximum Gasteiger partial charge on any atom is 0.125 e. The summed E-state index contributed by atoms with van der Waals surface area (Å²) in [6, 6.07) is 7.17. The maximum absolute atomic E-state index is 7.53. The highest BCUT2D eigenvalue weighted by atomic mass is 35.5. The Labute approximate surface area is 108 Å². The summed E-state index contributed by atoms with van der Waals surface area (Å²) in [4.78, 5) is 8.76. The van der Waals surface area contributed by atoms with Crippen molar-refractivity contribution in [3.05, 3.63) is 47.4 Å². The SMILES string of the molecule is N=C(N)c1c(Cl)cccc1Sc1ccncn1. The number of nitrogen functional groups attached to an aromatic ring is 1. The van der Waals surface area contributed by atoms with Crippen LogP contribution in [0.4, 0.5) is 0 Å². The van der Waals surface area contributed by atoms with Gasteiger partial charge in [-0.1, -0.05) is 29.4 Å². The normalized spacial score (nSPS) is 10.2. The van der Waals surface area contributed by atoms with E-state index in [1.54, 1.807) is 18.3 Å². The molecule has 2 aromatic rings. The summed E-state index contributed by atoms with van der Waals surface area (Å²) >= 11 is 7.42. The summed E-state index contributed by atoms with van der Waals surface area (Å²) in [6.45, 7) is 0. The van der Waals surface area contributed by atoms with Gasteiger partial charge in [0.2, 0.25) is 0 Å². The van der Waals surface area contributed by atoms with E-state index < -0.39 is 0 Å². The Morgan fingerprint density at radius 3 is 2.82 bits per heavy atom. The van der Waals surface area contributed by atoms with Crippen LogP contribution in [-0.4, -0.2) is 15.8 Å². The molecule has 86 valence electrons. The molecule has 1 aromatic heterocycles. The highest BCUT2D eigenvalue weighted by Crippen LogP contribution is 2.32. The molecule has 0 aliphatic carbocycles. The van der Waals surface area contributed by atoms with Gasteiger partial charge in [-0.15, -0.1) is 0 Å². The molecule has 2 rings (SSSR count). The van der Waals surface area contributed by atoms with Crippen LogP contribution in [0, 0.1) is 5.41 Å². The molecule has 0 radical (unpaired) electrons. The Hall–Kier alpha value is -1.59. The topological polar surface area (TPSA) is 75.7 Å². The molecule has 0 atom stereocenters. The van der Waals surface area contributed by atoms with Crippen LogP contribution in [0.25, 0.3) is 0 Å². The second-order valence-corrected chi connectivity index (χ2v) is 4.65. The Morgan fingerprint density at radius 1 is 1.35 bits per heavy atom. The van der Waals surface area contributed by atoms with Gasteiger partial charge in [0, 0.05) is 16.7 Å². The molecule has 0 spiro atoms. The van der Waals surface area contributed by atoms with Crippen LogP contribution >= 0.6 is 23.4 Å². The van der Waals surface area contributed by atoms with Crippen LogP contribution in [-0.2, 0) is 0 Å². The monoisotopic (exact) mass is 264 g/mol. The quantitative estimate of drug-likeness (QED) is 0.508. The van der Waals surface area contributed by atoms with Gasteiger partial charge in [-0.05, 0) is 18.2 Å². The number of hydrogen-bond donors (Lipinski definition) is 2. The molecule has 0 fully saturated rings. The molecule has 0 amide bonds. The lowest BCUT2D eigenvalue weighted by Crippen LogP contribution is -2.13. The average Bonchev–Trinajstić information content (AvgIpc) is 2.30. The number of benzene rings is 1. The molecular weight excluding hydrogens is 256 g/mol. The molecule has 17 heavy (non-hydrogen) atoms. The molecule has 4 nitrogen and oxygen atoms in total. The lowest BCUT2D eigenvalue weighted by molar-refractivity contribution is 1.05. The largest absolute Gasteiger partial charge is 0.384 e. The van der Waals surface area contributed by atoms with Crippen molar-refractivity contribution in [2.75, 3.05) is 0 Å². The first-order chi connectivity index (χ1) is 8.18. The zero-order valence-corrected chi connectivity index (χ0v) is 10.3. The highest BCUT2D eigenvalue weighted by Gasteiger charge is 2.11. The van der Waals surface area contributed by atoms with Crippen molar-refractivity contribution in [1.29, 1.82) is 5.41 Å². The zero-order valence-electron chi connectivity index (χ0n) is 8.72. The summed E-state index contributed by atoms with van der Waals surface area (Å²) < 4.78 is 0. The van der Waals surface area contributed by atoms with Gasteiger partial charge in [0.1, 0.15) is 17.2 Å². The minimum atomic E-state index is -0.0489. The van der Waals surface area contributed by atoms with E-state index in [1.807, 2.05) is 12.1 Å². The van der Waals surface area contributed by atoms with Crippen LogP contribution in [0.15, 0.2) is 46.7 Å². The van der Waals surface area contributed by atoms with Crippen molar-refractivity contribution in [1.82, 2.24) is 9.97 Å². The molecule has 1 aromatic carbocycles. The molecule has 0 saturated heterocycles. The fourth-order valence-corrected chi connectivity index (χ4v) is 2.56. The third-order valence-corrected chi connectivity index (χ3v) is 3.34. The average molecular weight is 265 g/mol. The van der Waals surface area contributed by atoms with Gasteiger partial charge < -0.3 is 5.73 Å². The third kappa shape index (κ3) is 2.75. The summed E-state index contributed by atoms with van der Waals surface area (Å²) in [6.07, 6.45) is 3.13. The van der Waals surface area contributed by atoms with Crippen molar-refractivity contribution >= 4 is 29.2 Å². The maximum atomic E-state index is 7.53. The lowest BCUT2D eigenvalue weighted by atomic mass is 10.2. The van der Waals surface area contributed by atoms with Crippen molar-refractivity contribution < 1.29 is 0 Å². The molecule has 0 aliphatic rings. The molecule has 0 bridgehead atoms. The van der Waals surface area contributed by atoms with Crippen LogP contribution in [0.1, 0.15) is 5.56 Å². The number of nitrogens with one attached hydrogen (secondary N) is 1. The second kappa shape index (κ2) is 5.16. The van der Waals surface area contributed by atoms with Gasteiger partial charge in [-0.3, -0.25) is 5.41 Å². The first kappa shape index (κ1) is 11.9. The number of halogens is 1. The predicted molar refractivity (Wildman–Crippen MR) is 68.6 cm³/mol. The summed E-state index contributed by atoms with van der Waals surface area (Å²) in [5.41, 5.74) is 6.06. The van der Waals surface area contributed by atoms with Crippen molar-refractivity contribution in [2.45, 2.75) is 9.92 Å². The van der Waals surface area contributed by atoms with Crippen molar-refractivity contribution in [3.8, 4) is 0 Å². The predicted octanol–water partition coefficient (Wildman–Crippen LogP) is 2.57. The Kier molecular flexibility index (Phi) is 3.61.